The Balaban J connectivity index is 2.22. The predicted molar refractivity (Wildman–Crippen MR) is 70.9 cm³/mol. The van der Waals surface area contributed by atoms with Crippen molar-refractivity contribution in [2.45, 2.75) is 18.9 Å². The Morgan fingerprint density at radius 2 is 2.47 bits per heavy atom. The van der Waals surface area contributed by atoms with Crippen LogP contribution in [0.2, 0.25) is 0 Å². The Morgan fingerprint density at radius 3 is 3.06 bits per heavy atom. The van der Waals surface area contributed by atoms with Gasteiger partial charge in [-0.1, -0.05) is 0 Å². The molecule has 0 aliphatic rings. The van der Waals surface area contributed by atoms with Crippen molar-refractivity contribution in [1.82, 2.24) is 14.9 Å². The number of carbonyl (C=O) groups excluding carboxylic acids is 1. The molecule has 0 saturated heterocycles. The van der Waals surface area contributed by atoms with Gasteiger partial charge in [0.15, 0.2) is 0 Å². The summed E-state index contributed by atoms with van der Waals surface area (Å²) in [5.41, 5.74) is 5.75. The summed E-state index contributed by atoms with van der Waals surface area (Å²) in [5.74, 6) is 1.80. The lowest BCUT2D eigenvalue weighted by atomic mass is 10.2. The first-order valence-electron chi connectivity index (χ1n) is 5.63. The largest absolute Gasteiger partial charge is 0.354 e. The molecule has 17 heavy (non-hydrogen) atoms. The summed E-state index contributed by atoms with van der Waals surface area (Å²) in [6, 6.07) is -0.399. The molecule has 0 aromatic carbocycles. The number of thioether (sulfide) groups is 1. The van der Waals surface area contributed by atoms with Crippen LogP contribution in [0.15, 0.2) is 12.4 Å². The van der Waals surface area contributed by atoms with Crippen LogP contribution in [-0.4, -0.2) is 40.1 Å². The van der Waals surface area contributed by atoms with Crippen LogP contribution < -0.4 is 11.1 Å². The third kappa shape index (κ3) is 4.79. The fourth-order valence-electron chi connectivity index (χ4n) is 1.44. The molecule has 1 atom stereocenters. The fraction of sp³-hybridized carbons (Fsp3) is 0.636. The Morgan fingerprint density at radius 1 is 1.71 bits per heavy atom. The lowest BCUT2D eigenvalue weighted by molar-refractivity contribution is -0.122. The standard InChI is InChI=1S/C11H20N4OS/c1-15-7-6-13-10(15)3-5-14-11(16)9(12)4-8-17-2/h6-7,9H,3-5,8,12H2,1-2H3,(H,14,16)/t9-/m0/s1. The Bertz CT molecular complexity index is 353. The van der Waals surface area contributed by atoms with Gasteiger partial charge < -0.3 is 15.6 Å². The smallest absolute Gasteiger partial charge is 0.236 e. The molecule has 1 amide bonds. The van der Waals surface area contributed by atoms with Crippen molar-refractivity contribution < 1.29 is 4.79 Å². The molecule has 3 N–H and O–H groups in total. The van der Waals surface area contributed by atoms with Crippen LogP contribution in [0.1, 0.15) is 12.2 Å². The maximum absolute atomic E-state index is 11.6. The van der Waals surface area contributed by atoms with Gasteiger partial charge in [0.05, 0.1) is 6.04 Å². The summed E-state index contributed by atoms with van der Waals surface area (Å²) < 4.78 is 1.94. The number of hydrogen-bond acceptors (Lipinski definition) is 4. The molecule has 1 aromatic heterocycles. The topological polar surface area (TPSA) is 72.9 Å². The van der Waals surface area contributed by atoms with Crippen molar-refractivity contribution in [2.75, 3.05) is 18.6 Å². The van der Waals surface area contributed by atoms with Crippen molar-refractivity contribution in [2.24, 2.45) is 12.8 Å². The number of hydrogen-bond donors (Lipinski definition) is 2. The molecular formula is C11H20N4OS. The van der Waals surface area contributed by atoms with Crippen LogP contribution in [0, 0.1) is 0 Å². The van der Waals surface area contributed by atoms with Gasteiger partial charge in [-0.05, 0) is 18.4 Å². The summed E-state index contributed by atoms with van der Waals surface area (Å²) in [6.45, 7) is 0.580. The zero-order valence-electron chi connectivity index (χ0n) is 10.3. The van der Waals surface area contributed by atoms with E-state index in [4.69, 9.17) is 5.73 Å². The molecule has 1 aromatic rings. The highest BCUT2D eigenvalue weighted by molar-refractivity contribution is 7.98. The number of amides is 1. The Kier molecular flexibility index (Phi) is 6.07. The maximum Gasteiger partial charge on any atom is 0.236 e. The van der Waals surface area contributed by atoms with Crippen LogP contribution in [0.5, 0.6) is 0 Å². The third-order valence-corrected chi connectivity index (χ3v) is 3.18. The molecule has 0 bridgehead atoms. The van der Waals surface area contributed by atoms with Crippen molar-refractivity contribution in [3.05, 3.63) is 18.2 Å². The number of nitrogens with zero attached hydrogens (tertiary/aromatic N) is 2. The first-order chi connectivity index (χ1) is 8.15. The molecule has 0 aliphatic carbocycles. The minimum absolute atomic E-state index is 0.0757. The zero-order valence-corrected chi connectivity index (χ0v) is 11.2. The van der Waals surface area contributed by atoms with Crippen LogP contribution in [0.3, 0.4) is 0 Å². The van der Waals surface area contributed by atoms with Crippen LogP contribution in [0.25, 0.3) is 0 Å². The molecule has 0 aliphatic heterocycles. The molecule has 5 nitrogen and oxygen atoms in total. The van der Waals surface area contributed by atoms with Gasteiger partial charge in [-0.2, -0.15) is 11.8 Å². The highest BCUT2D eigenvalue weighted by atomic mass is 32.2. The van der Waals surface area contributed by atoms with Crippen LogP contribution >= 0.6 is 11.8 Å². The maximum atomic E-state index is 11.6. The average Bonchev–Trinajstić information content (AvgIpc) is 2.72. The average molecular weight is 256 g/mol. The minimum Gasteiger partial charge on any atom is -0.354 e. The van der Waals surface area contributed by atoms with Gasteiger partial charge in [-0.3, -0.25) is 4.79 Å². The second-order valence-corrected chi connectivity index (χ2v) is 4.87. The van der Waals surface area contributed by atoms with E-state index in [0.29, 0.717) is 6.54 Å². The van der Waals surface area contributed by atoms with Gasteiger partial charge in [-0.25, -0.2) is 4.98 Å². The Hall–Kier alpha value is -1.01. The van der Waals surface area contributed by atoms with E-state index in [1.165, 1.54) is 0 Å². The second kappa shape index (κ2) is 7.34. The lowest BCUT2D eigenvalue weighted by Crippen LogP contribution is -2.41. The normalized spacial score (nSPS) is 12.4. The summed E-state index contributed by atoms with van der Waals surface area (Å²) in [5, 5.41) is 2.83. The quantitative estimate of drug-likeness (QED) is 0.729. The number of nitrogens with two attached hydrogens (primary N) is 1. The van der Waals surface area contributed by atoms with Crippen LogP contribution in [0.4, 0.5) is 0 Å². The predicted octanol–water partition coefficient (Wildman–Crippen LogP) is 0.159. The number of rotatable bonds is 7. The molecule has 1 heterocycles. The van der Waals surface area contributed by atoms with E-state index >= 15 is 0 Å². The number of aryl methyl sites for hydroxylation is 1. The molecule has 0 spiro atoms. The first kappa shape index (κ1) is 14.1. The van der Waals surface area contributed by atoms with Gasteiger partial charge >= 0.3 is 0 Å². The van der Waals surface area contributed by atoms with Gasteiger partial charge in [-0.15, -0.1) is 0 Å². The Labute approximate surface area is 106 Å². The summed E-state index contributed by atoms with van der Waals surface area (Å²) >= 11 is 1.70. The van der Waals surface area contributed by atoms with E-state index < -0.39 is 6.04 Å². The number of carbonyl (C=O) groups is 1. The van der Waals surface area contributed by atoms with E-state index in [0.717, 1.165) is 24.4 Å². The van der Waals surface area contributed by atoms with Gasteiger partial charge in [0.25, 0.3) is 0 Å². The molecule has 0 fully saturated rings. The first-order valence-corrected chi connectivity index (χ1v) is 7.03. The summed E-state index contributed by atoms with van der Waals surface area (Å²) in [6.07, 6.45) is 7.09. The molecule has 0 radical (unpaired) electrons. The molecule has 96 valence electrons. The molecule has 0 unspecified atom stereocenters. The molecular weight excluding hydrogens is 236 g/mol. The monoisotopic (exact) mass is 256 g/mol. The third-order valence-electron chi connectivity index (χ3n) is 2.54. The highest BCUT2D eigenvalue weighted by Crippen LogP contribution is 1.99. The minimum atomic E-state index is -0.399. The highest BCUT2D eigenvalue weighted by Gasteiger charge is 2.12. The second-order valence-electron chi connectivity index (χ2n) is 3.88. The SMILES string of the molecule is CSCC[C@H](N)C(=O)NCCc1nccn1C. The van der Waals surface area contributed by atoms with E-state index in [1.54, 1.807) is 18.0 Å². The molecule has 0 saturated carbocycles. The number of aromatic nitrogens is 2. The van der Waals surface area contributed by atoms with Gasteiger partial charge in [0.1, 0.15) is 5.82 Å². The van der Waals surface area contributed by atoms with E-state index in [1.807, 2.05) is 24.1 Å². The van der Waals surface area contributed by atoms with Crippen molar-refractivity contribution in [3.63, 3.8) is 0 Å². The van der Waals surface area contributed by atoms with Gasteiger partial charge in [0, 0.05) is 32.4 Å². The van der Waals surface area contributed by atoms with Gasteiger partial charge in [0.2, 0.25) is 5.91 Å². The molecule has 1 rings (SSSR count). The number of imidazole rings is 1. The lowest BCUT2D eigenvalue weighted by Gasteiger charge is -2.11. The van der Waals surface area contributed by atoms with E-state index in [2.05, 4.69) is 10.3 Å². The number of nitrogens with one attached hydrogen (secondary N) is 1. The van der Waals surface area contributed by atoms with E-state index in [9.17, 15) is 4.79 Å². The van der Waals surface area contributed by atoms with Crippen molar-refractivity contribution in [1.29, 1.82) is 0 Å². The fourth-order valence-corrected chi connectivity index (χ4v) is 1.93. The zero-order chi connectivity index (χ0) is 12.7. The van der Waals surface area contributed by atoms with Crippen molar-refractivity contribution >= 4 is 17.7 Å². The summed E-state index contributed by atoms with van der Waals surface area (Å²) in [7, 11) is 1.94. The molecule has 6 heteroatoms. The van der Waals surface area contributed by atoms with E-state index in [-0.39, 0.29) is 5.91 Å². The van der Waals surface area contributed by atoms with Crippen molar-refractivity contribution in [3.8, 4) is 0 Å². The van der Waals surface area contributed by atoms with Crippen LogP contribution in [-0.2, 0) is 18.3 Å². The summed E-state index contributed by atoms with van der Waals surface area (Å²) in [4.78, 5) is 15.8.